The lowest BCUT2D eigenvalue weighted by atomic mass is 9.99. The molecule has 0 saturated carbocycles. The molecule has 3 aromatic rings. The van der Waals surface area contributed by atoms with Gasteiger partial charge in [-0.3, -0.25) is 10.1 Å². The first-order valence-corrected chi connectivity index (χ1v) is 8.61. The molecule has 0 aliphatic heterocycles. The third-order valence-corrected chi connectivity index (χ3v) is 4.18. The molecule has 2 N–H and O–H groups in total. The highest BCUT2D eigenvalue weighted by atomic mass is 16.3. The molecule has 0 bridgehead atoms. The second kappa shape index (κ2) is 8.78. The van der Waals surface area contributed by atoms with E-state index in [2.05, 4.69) is 41.1 Å². The fourth-order valence-electron chi connectivity index (χ4n) is 2.80. The highest BCUT2D eigenvalue weighted by Crippen LogP contribution is 2.22. The van der Waals surface area contributed by atoms with Crippen molar-refractivity contribution in [3.63, 3.8) is 0 Å². The van der Waals surface area contributed by atoms with Gasteiger partial charge in [-0.25, -0.2) is 4.98 Å². The molecule has 5 nitrogen and oxygen atoms in total. The molecule has 0 saturated heterocycles. The Morgan fingerprint density at radius 1 is 1.11 bits per heavy atom. The van der Waals surface area contributed by atoms with Crippen LogP contribution in [0, 0.1) is 0 Å². The predicted octanol–water partition coefficient (Wildman–Crippen LogP) is 3.87. The quantitative estimate of drug-likeness (QED) is 0.473. The van der Waals surface area contributed by atoms with Gasteiger partial charge < -0.3 is 9.67 Å². The number of aliphatic hydroxyl groups excluding tert-OH is 1. The van der Waals surface area contributed by atoms with Crippen LogP contribution in [0.2, 0.25) is 0 Å². The molecule has 27 heavy (non-hydrogen) atoms. The van der Waals surface area contributed by atoms with E-state index < -0.39 is 5.78 Å². The zero-order valence-electron chi connectivity index (χ0n) is 14.8. The van der Waals surface area contributed by atoms with Gasteiger partial charge >= 0.3 is 0 Å². The highest BCUT2D eigenvalue weighted by Gasteiger charge is 2.14. The number of nitrogens with one attached hydrogen (secondary N) is 1. The molecular formula is C22H21N3O2. The number of imidazole rings is 1. The lowest BCUT2D eigenvalue weighted by molar-refractivity contribution is -0.113. The van der Waals surface area contributed by atoms with E-state index in [9.17, 15) is 9.90 Å². The van der Waals surface area contributed by atoms with Crippen molar-refractivity contribution in [1.82, 2.24) is 14.9 Å². The summed E-state index contributed by atoms with van der Waals surface area (Å²) in [4.78, 5) is 15.7. The van der Waals surface area contributed by atoms with Gasteiger partial charge in [-0.05, 0) is 17.2 Å². The molecule has 1 aromatic heterocycles. The Balaban J connectivity index is 1.82. The summed E-state index contributed by atoms with van der Waals surface area (Å²) in [6, 6.07) is 20.3. The van der Waals surface area contributed by atoms with Gasteiger partial charge in [0.05, 0.1) is 12.7 Å². The summed E-state index contributed by atoms with van der Waals surface area (Å²) >= 11 is 0. The standard InChI is InChI=1S/C22H21N3O2/c1-2-19(26)20(27)15-21-23-13-14-25(21)16-24-22(17-9-5-3-6-10-17)18-11-7-4-8-12-18/h2-15,22,24,27H,1,16H2/b20-15-. The number of ketones is 1. The molecule has 0 spiro atoms. The number of allylic oxidation sites excluding steroid dienone is 1. The van der Waals surface area contributed by atoms with Gasteiger partial charge in [0, 0.05) is 18.5 Å². The van der Waals surface area contributed by atoms with Crippen LogP contribution in [-0.4, -0.2) is 20.4 Å². The maximum Gasteiger partial charge on any atom is 0.219 e. The lowest BCUT2D eigenvalue weighted by Crippen LogP contribution is -2.25. The van der Waals surface area contributed by atoms with Crippen LogP contribution in [0.15, 0.2) is 91.5 Å². The Kier molecular flexibility index (Phi) is 5.97. The molecule has 0 aliphatic rings. The van der Waals surface area contributed by atoms with Crippen LogP contribution in [0.1, 0.15) is 23.0 Å². The maximum absolute atomic E-state index is 11.5. The van der Waals surface area contributed by atoms with Crippen LogP contribution in [0.3, 0.4) is 0 Å². The minimum Gasteiger partial charge on any atom is -0.504 e. The Labute approximate surface area is 158 Å². The summed E-state index contributed by atoms with van der Waals surface area (Å²) < 4.78 is 1.82. The van der Waals surface area contributed by atoms with Gasteiger partial charge in [0.15, 0.2) is 5.76 Å². The fourth-order valence-corrected chi connectivity index (χ4v) is 2.80. The summed E-state index contributed by atoms with van der Waals surface area (Å²) in [5.41, 5.74) is 2.29. The molecule has 0 fully saturated rings. The Bertz CT molecular complexity index is 891. The summed E-state index contributed by atoms with van der Waals surface area (Å²) in [5, 5.41) is 13.3. The minimum atomic E-state index is -0.538. The van der Waals surface area contributed by atoms with Crippen molar-refractivity contribution in [1.29, 1.82) is 0 Å². The van der Waals surface area contributed by atoms with E-state index in [1.165, 1.54) is 6.08 Å². The molecule has 136 valence electrons. The number of hydrogen-bond donors (Lipinski definition) is 2. The minimum absolute atomic E-state index is 0.00460. The third-order valence-electron chi connectivity index (χ3n) is 4.18. The van der Waals surface area contributed by atoms with Gasteiger partial charge in [-0.2, -0.15) is 0 Å². The topological polar surface area (TPSA) is 67.1 Å². The number of nitrogens with zero attached hydrogens (tertiary/aromatic N) is 2. The van der Waals surface area contributed by atoms with Crippen molar-refractivity contribution in [2.75, 3.05) is 0 Å². The van der Waals surface area contributed by atoms with Gasteiger partial charge in [0.2, 0.25) is 5.78 Å². The number of aromatic nitrogens is 2. The first-order valence-electron chi connectivity index (χ1n) is 8.61. The SMILES string of the molecule is C=CC(=O)/C(O)=C/c1nccn1CNC(c1ccccc1)c1ccccc1. The van der Waals surface area contributed by atoms with Gasteiger partial charge in [0.25, 0.3) is 0 Å². The fraction of sp³-hybridized carbons (Fsp3) is 0.0909. The number of carbonyl (C=O) groups is 1. The van der Waals surface area contributed by atoms with Crippen LogP contribution in [0.4, 0.5) is 0 Å². The molecule has 3 rings (SSSR count). The lowest BCUT2D eigenvalue weighted by Gasteiger charge is -2.20. The summed E-state index contributed by atoms with van der Waals surface area (Å²) in [7, 11) is 0. The normalized spacial score (nSPS) is 11.5. The first-order chi connectivity index (χ1) is 13.2. The van der Waals surface area contributed by atoms with Crippen molar-refractivity contribution in [3.05, 3.63) is 108 Å². The van der Waals surface area contributed by atoms with E-state index in [0.29, 0.717) is 12.5 Å². The maximum atomic E-state index is 11.5. The smallest absolute Gasteiger partial charge is 0.219 e. The molecule has 0 amide bonds. The summed E-state index contributed by atoms with van der Waals surface area (Å²) in [6.45, 7) is 3.82. The van der Waals surface area contributed by atoms with E-state index in [-0.39, 0.29) is 11.8 Å². The zero-order chi connectivity index (χ0) is 19.1. The van der Waals surface area contributed by atoms with E-state index in [1.54, 1.807) is 12.4 Å². The second-order valence-corrected chi connectivity index (χ2v) is 5.97. The molecule has 0 atom stereocenters. The number of aliphatic hydroxyl groups is 1. The van der Waals surface area contributed by atoms with Crippen molar-refractivity contribution in [3.8, 4) is 0 Å². The molecule has 0 unspecified atom stereocenters. The zero-order valence-corrected chi connectivity index (χ0v) is 14.8. The van der Waals surface area contributed by atoms with E-state index >= 15 is 0 Å². The van der Waals surface area contributed by atoms with Crippen LogP contribution >= 0.6 is 0 Å². The Hall–Kier alpha value is -3.44. The molecule has 5 heteroatoms. The van der Waals surface area contributed by atoms with Crippen LogP contribution in [0.25, 0.3) is 6.08 Å². The van der Waals surface area contributed by atoms with Crippen LogP contribution in [0.5, 0.6) is 0 Å². The average Bonchev–Trinajstić information content (AvgIpc) is 3.16. The number of benzene rings is 2. The number of carbonyl (C=O) groups excluding carboxylic acids is 1. The van der Waals surface area contributed by atoms with E-state index in [0.717, 1.165) is 17.2 Å². The third kappa shape index (κ3) is 4.59. The molecule has 1 heterocycles. The molecule has 0 radical (unpaired) electrons. The van der Waals surface area contributed by atoms with Crippen LogP contribution in [-0.2, 0) is 11.5 Å². The average molecular weight is 359 g/mol. The predicted molar refractivity (Wildman–Crippen MR) is 106 cm³/mol. The monoisotopic (exact) mass is 359 g/mol. The van der Waals surface area contributed by atoms with Gasteiger partial charge in [-0.1, -0.05) is 67.2 Å². The Morgan fingerprint density at radius 2 is 1.70 bits per heavy atom. The van der Waals surface area contributed by atoms with Crippen molar-refractivity contribution < 1.29 is 9.90 Å². The van der Waals surface area contributed by atoms with Crippen LogP contribution < -0.4 is 5.32 Å². The Morgan fingerprint density at radius 3 is 2.26 bits per heavy atom. The number of rotatable bonds is 8. The summed E-state index contributed by atoms with van der Waals surface area (Å²) in [6.07, 6.45) is 5.82. The largest absolute Gasteiger partial charge is 0.504 e. The highest BCUT2D eigenvalue weighted by molar-refractivity contribution is 6.04. The van der Waals surface area contributed by atoms with Crippen molar-refractivity contribution in [2.24, 2.45) is 0 Å². The van der Waals surface area contributed by atoms with Crippen molar-refractivity contribution in [2.45, 2.75) is 12.7 Å². The molecule has 2 aromatic carbocycles. The first kappa shape index (κ1) is 18.4. The van der Waals surface area contributed by atoms with E-state index in [1.807, 2.05) is 41.0 Å². The number of hydrogen-bond acceptors (Lipinski definition) is 4. The van der Waals surface area contributed by atoms with Crippen molar-refractivity contribution >= 4 is 11.9 Å². The molecule has 0 aliphatic carbocycles. The second-order valence-electron chi connectivity index (χ2n) is 5.97. The van der Waals surface area contributed by atoms with Gasteiger partial charge in [0.1, 0.15) is 5.82 Å². The summed E-state index contributed by atoms with van der Waals surface area (Å²) in [5.74, 6) is -0.445. The molecular weight excluding hydrogens is 338 g/mol. The van der Waals surface area contributed by atoms with E-state index in [4.69, 9.17) is 0 Å². The van der Waals surface area contributed by atoms with Gasteiger partial charge in [-0.15, -0.1) is 0 Å².